The average Bonchev–Trinajstić information content (AvgIpc) is 1.60. The van der Waals surface area contributed by atoms with Crippen molar-refractivity contribution in [1.82, 2.24) is 49.7 Å². The minimum atomic E-state index is -6.11. The number of aliphatic hydroxyl groups excluding tert-OH is 1. The summed E-state index contributed by atoms with van der Waals surface area (Å²) in [7, 11) is -8.85. The van der Waals surface area contributed by atoms with E-state index in [1.165, 1.54) is 39.9 Å². The van der Waals surface area contributed by atoms with E-state index in [4.69, 9.17) is 16.3 Å². The number of thiazole rings is 1. The lowest BCUT2D eigenvalue weighted by Crippen LogP contribution is -2.57. The molecule has 6 atom stereocenters. The molecule has 4 fully saturated rings. The van der Waals surface area contributed by atoms with Gasteiger partial charge in [0.1, 0.15) is 17.0 Å². The third kappa shape index (κ3) is 23.0. The number of thioether (sulfide) groups is 1. The molecule has 1 unspecified atom stereocenters. The van der Waals surface area contributed by atoms with Crippen molar-refractivity contribution >= 4 is 101 Å². The number of likely N-dealkylation sites (N-methyl/N-ethyl adjacent to an activating group) is 1. The van der Waals surface area contributed by atoms with Crippen molar-refractivity contribution in [3.63, 3.8) is 0 Å². The largest absolute Gasteiger partial charge is 0.501 e. The van der Waals surface area contributed by atoms with E-state index in [1.807, 2.05) is 116 Å². The normalized spacial score (nSPS) is 20.1. The third-order valence-electron chi connectivity index (χ3n) is 22.1. The van der Waals surface area contributed by atoms with Gasteiger partial charge < -0.3 is 45.4 Å². The highest BCUT2D eigenvalue weighted by Gasteiger charge is 2.49. The number of morpholine rings is 1. The van der Waals surface area contributed by atoms with E-state index < -0.39 is 82.3 Å². The van der Waals surface area contributed by atoms with Crippen LogP contribution in [0.5, 0.6) is 0 Å². The molecule has 1 aliphatic carbocycles. The van der Waals surface area contributed by atoms with Crippen molar-refractivity contribution in [3.8, 4) is 10.4 Å². The lowest BCUT2D eigenvalue weighted by atomic mass is 9.71. The first-order valence-corrected chi connectivity index (χ1v) is 44.0. The van der Waals surface area contributed by atoms with Gasteiger partial charge in [-0.3, -0.25) is 38.7 Å². The van der Waals surface area contributed by atoms with E-state index in [9.17, 15) is 59.1 Å². The van der Waals surface area contributed by atoms with E-state index in [1.54, 1.807) is 23.5 Å². The van der Waals surface area contributed by atoms with E-state index >= 15 is 0 Å². The molecule has 5 amide bonds. The molecule has 23 nitrogen and oxygen atoms in total. The van der Waals surface area contributed by atoms with Gasteiger partial charge in [-0.25, -0.2) is 26.5 Å². The summed E-state index contributed by atoms with van der Waals surface area (Å²) in [6.45, 7) is 23.3. The first-order valence-electron chi connectivity index (χ1n) is 38.8. The van der Waals surface area contributed by atoms with Crippen molar-refractivity contribution < 1.29 is 63.8 Å². The highest BCUT2D eigenvalue weighted by Crippen LogP contribution is 2.45. The molecule has 11 rings (SSSR count). The zero-order valence-corrected chi connectivity index (χ0v) is 69.4. The number of aromatic nitrogens is 1. The Bertz CT molecular complexity index is 4540. The van der Waals surface area contributed by atoms with E-state index in [2.05, 4.69) is 71.5 Å². The van der Waals surface area contributed by atoms with E-state index in [0.717, 1.165) is 122 Å². The molecule has 5 heterocycles. The molecule has 113 heavy (non-hydrogen) atoms. The number of halogens is 4. The smallest absolute Gasteiger partial charge is 0.391 e. The van der Waals surface area contributed by atoms with Gasteiger partial charge in [-0.05, 0) is 153 Å². The molecule has 0 spiro atoms. The average molecular weight is 1660 g/mol. The number of β-amino-alcohol motifs (C(OH)–C–C–N with tert-alkyl or cyclic N) is 1. The van der Waals surface area contributed by atoms with Crippen LogP contribution in [0.2, 0.25) is 5.02 Å². The number of carbonyl (C=O) groups excluding carboxylic acids is 5. The number of nitrogens with one attached hydrogen (secondary N) is 4. The minimum absolute atomic E-state index is 0.0233. The molecule has 612 valence electrons. The van der Waals surface area contributed by atoms with E-state index in [0.29, 0.717) is 88.7 Å². The summed E-state index contributed by atoms with van der Waals surface area (Å²) in [6, 6.07) is 31.2. The van der Waals surface area contributed by atoms with Gasteiger partial charge >= 0.3 is 5.51 Å². The zero-order chi connectivity index (χ0) is 81.0. The fraction of sp³-hybridized carbons (Fsp3) is 0.512. The Hall–Kier alpha value is -7.49. The van der Waals surface area contributed by atoms with Gasteiger partial charge in [0, 0.05) is 157 Å². The zero-order valence-electron chi connectivity index (χ0n) is 65.4. The highest BCUT2D eigenvalue weighted by molar-refractivity contribution is 7.99. The van der Waals surface area contributed by atoms with Gasteiger partial charge in [-0.2, -0.15) is 13.2 Å². The SMILES string of the molecule is Cc1ncsc1-c1ccc([C@H](C)NC(=O)[C@@H]2C[C@@H](O)CN2C(=O)[C@@H](NC(=O)CCCC(=O)N2CCN(CCN(C)CC3(C)CCC(c4ccc(Cl)cc4)=C(CN4CCN(c5ccc(C(=O)NS(=O)(=O)c6ccc(N[C@H](CCN7CCOCC7)CSc7ccccc7)c(S(=O)(=O)C(F)(F)F)c6)cc5)CC4)C3)CC2)C(C)(C)C)cc1. The lowest BCUT2D eigenvalue weighted by molar-refractivity contribution is -0.144. The Morgan fingerprint density at radius 1 is 0.805 bits per heavy atom. The second-order valence-corrected chi connectivity index (χ2v) is 37.8. The highest BCUT2D eigenvalue weighted by atomic mass is 35.5. The molecule has 31 heteroatoms. The number of allylic oxidation sites excluding steroid dienone is 1. The maximum absolute atomic E-state index is 14.4. The number of ether oxygens (including phenoxy) is 1. The molecule has 5 aliphatic rings. The molecule has 0 radical (unpaired) electrons. The van der Waals surface area contributed by atoms with Crippen molar-refractivity contribution in [2.75, 3.05) is 141 Å². The van der Waals surface area contributed by atoms with Crippen LogP contribution in [-0.4, -0.2) is 246 Å². The Labute approximate surface area is 675 Å². The third-order valence-corrected chi connectivity index (χ3v) is 27.3. The van der Waals surface area contributed by atoms with Crippen LogP contribution in [0, 0.1) is 17.8 Å². The summed E-state index contributed by atoms with van der Waals surface area (Å²) in [5, 5.41) is 20.4. The Balaban J connectivity index is 0.625. The summed E-state index contributed by atoms with van der Waals surface area (Å²) in [6.07, 6.45) is 2.87. The fourth-order valence-corrected chi connectivity index (χ4v) is 19.6. The number of sulfone groups is 1. The van der Waals surface area contributed by atoms with Gasteiger partial charge in [0.25, 0.3) is 25.8 Å². The number of anilines is 2. The lowest BCUT2D eigenvalue weighted by Gasteiger charge is -2.42. The fourth-order valence-electron chi connectivity index (χ4n) is 15.6. The molecule has 4 saturated heterocycles. The first-order chi connectivity index (χ1) is 53.7. The number of carbonyl (C=O) groups is 5. The van der Waals surface area contributed by atoms with Crippen LogP contribution in [0.25, 0.3) is 16.0 Å². The standard InChI is InChI=1S/C82H106ClF3N12O11S4/c1-56(58-16-18-60(19-17-58)75-57(2)87-55-111-75)88-78(103)71-48-66(99)52-98(71)79(104)76(80(3,4)5)90-73(100)14-11-15-74(101)97-42-36-94(37-43-97)35-34-92(7)54-81(6)32-30-69(59-20-24-63(83)25-21-59)62(50-81)51-95-38-40-96(41-39-95)65-26-22-61(23-27-65)77(102)91-113(107,108)68-28-29-70(72(49-68)112(105,106)82(84,85)86)89-64(31-33-93-44-46-109-47-45-93)53-110-67-12-9-8-10-13-67/h8-10,12-13,16-29,49,55-56,64,66,71,76,89,99H,11,14-15,30-48,50-54H2,1-7H3,(H,88,103)(H,90,100)(H,91,102)/t56-,64+,66+,71-,76+,81?/m0/s1. The van der Waals surface area contributed by atoms with Gasteiger partial charge in [0.15, 0.2) is 0 Å². The number of benzene rings is 5. The number of nitrogens with zero attached hydrogens (tertiary/aromatic N) is 8. The second-order valence-electron chi connectivity index (χ2n) is 31.8. The van der Waals surface area contributed by atoms with Crippen molar-refractivity contribution in [2.45, 2.75) is 143 Å². The topological polar surface area (TPSA) is 267 Å². The van der Waals surface area contributed by atoms with E-state index in [-0.39, 0.29) is 60.5 Å². The number of piperazine rings is 2. The van der Waals surface area contributed by atoms with Crippen molar-refractivity contribution in [1.29, 1.82) is 0 Å². The van der Waals surface area contributed by atoms with Crippen LogP contribution in [0.1, 0.15) is 119 Å². The summed E-state index contributed by atoms with van der Waals surface area (Å²) < 4.78 is 105. The molecule has 0 saturated carbocycles. The number of amides is 5. The molecule has 5 aromatic carbocycles. The monoisotopic (exact) mass is 1650 g/mol. The van der Waals surface area contributed by atoms with Crippen molar-refractivity contribution in [2.24, 2.45) is 10.8 Å². The number of aliphatic hydroxyl groups is 1. The van der Waals surface area contributed by atoms with Crippen LogP contribution in [0.4, 0.5) is 24.5 Å². The summed E-state index contributed by atoms with van der Waals surface area (Å²) in [5.74, 6) is -1.95. The number of likely N-dealkylation sites (tertiary alicyclic amines) is 1. The number of rotatable bonds is 31. The molecule has 0 bridgehead atoms. The number of alkyl halides is 3. The van der Waals surface area contributed by atoms with Gasteiger partial charge in [-0.1, -0.05) is 99.5 Å². The predicted molar refractivity (Wildman–Crippen MR) is 437 cm³/mol. The summed E-state index contributed by atoms with van der Waals surface area (Å²) in [5.41, 5.74) is 2.33. The minimum Gasteiger partial charge on any atom is -0.391 e. The number of sulfonamides is 1. The van der Waals surface area contributed by atoms with Crippen molar-refractivity contribution in [3.05, 3.63) is 160 Å². The maximum Gasteiger partial charge on any atom is 0.501 e. The summed E-state index contributed by atoms with van der Waals surface area (Å²) >= 11 is 9.40. The van der Waals surface area contributed by atoms with Crippen LogP contribution in [0.15, 0.2) is 147 Å². The maximum atomic E-state index is 14.4. The van der Waals surface area contributed by atoms with Crippen LogP contribution >= 0.6 is 34.7 Å². The second kappa shape index (κ2) is 38.1. The molecule has 5 N–H and O–H groups in total. The Kier molecular flexibility index (Phi) is 29.1. The van der Waals surface area contributed by atoms with Gasteiger partial charge in [-0.15, -0.1) is 23.1 Å². The molecule has 1 aromatic heterocycles. The molecule has 6 aromatic rings. The Morgan fingerprint density at radius 3 is 2.12 bits per heavy atom. The van der Waals surface area contributed by atoms with Crippen LogP contribution in [-0.2, 0) is 43.8 Å². The van der Waals surface area contributed by atoms with Crippen LogP contribution < -0.4 is 25.6 Å². The summed E-state index contributed by atoms with van der Waals surface area (Å²) in [4.78, 5) is 88.1. The molecular weight excluding hydrogens is 1550 g/mol. The molecular formula is C82H106ClF3N12O11S4. The molecule has 4 aliphatic heterocycles. The van der Waals surface area contributed by atoms with Crippen LogP contribution in [0.3, 0.4) is 0 Å². The first kappa shape index (κ1) is 86.4. The van der Waals surface area contributed by atoms with Gasteiger partial charge in [0.05, 0.1) is 52.0 Å². The van der Waals surface area contributed by atoms with Gasteiger partial charge in [0.2, 0.25) is 23.6 Å². The predicted octanol–water partition coefficient (Wildman–Crippen LogP) is 10.9. The quantitative estimate of drug-likeness (QED) is 0.0253. The number of hydrogen-bond acceptors (Lipinski definition) is 20. The Morgan fingerprint density at radius 2 is 1.47 bits per heavy atom. The number of hydrogen-bond donors (Lipinski definition) is 5. The number of aryl methyl sites for hydroxylation is 1.